The van der Waals surface area contributed by atoms with Crippen molar-refractivity contribution >= 4 is 22.5 Å². The Morgan fingerprint density at radius 1 is 1.16 bits per heavy atom. The first-order valence-electron chi connectivity index (χ1n) is 8.03. The SMILES string of the molecule is Cc1cccc2c([C@]3(C[N+](=O)[O-])C(=O)N(C)c4ccccc43)c[nH]c12. The van der Waals surface area contributed by atoms with Crippen LogP contribution in [0.25, 0.3) is 10.9 Å². The molecule has 1 aliphatic rings. The van der Waals surface area contributed by atoms with Crippen LogP contribution in [0.4, 0.5) is 5.69 Å². The molecule has 1 atom stereocenters. The lowest BCUT2D eigenvalue weighted by atomic mass is 9.75. The van der Waals surface area contributed by atoms with Crippen LogP contribution in [0.15, 0.2) is 48.7 Å². The number of para-hydroxylation sites is 2. The number of carbonyl (C=O) groups is 1. The minimum absolute atomic E-state index is 0.271. The van der Waals surface area contributed by atoms with Crippen LogP contribution >= 0.6 is 0 Å². The van der Waals surface area contributed by atoms with Crippen LogP contribution in [-0.2, 0) is 10.2 Å². The molecule has 0 radical (unpaired) electrons. The highest BCUT2D eigenvalue weighted by Crippen LogP contribution is 2.47. The summed E-state index contributed by atoms with van der Waals surface area (Å²) in [6.07, 6.45) is 1.75. The van der Waals surface area contributed by atoms with Crippen molar-refractivity contribution in [3.63, 3.8) is 0 Å². The van der Waals surface area contributed by atoms with E-state index in [4.69, 9.17) is 0 Å². The van der Waals surface area contributed by atoms with Crippen molar-refractivity contribution in [1.29, 1.82) is 0 Å². The highest BCUT2D eigenvalue weighted by Gasteiger charge is 2.55. The van der Waals surface area contributed by atoms with E-state index in [0.29, 0.717) is 11.1 Å². The van der Waals surface area contributed by atoms with Gasteiger partial charge >= 0.3 is 0 Å². The second-order valence-corrected chi connectivity index (χ2v) is 6.48. The second-order valence-electron chi connectivity index (χ2n) is 6.48. The number of aromatic nitrogens is 1. The fourth-order valence-corrected chi connectivity index (χ4v) is 3.99. The first-order chi connectivity index (χ1) is 12.0. The molecular formula is C19H17N3O3. The molecule has 2 aromatic carbocycles. The molecule has 0 bridgehead atoms. The average molecular weight is 335 g/mol. The topological polar surface area (TPSA) is 79.2 Å². The number of nitrogens with zero attached hydrogens (tertiary/aromatic N) is 2. The van der Waals surface area contributed by atoms with E-state index in [1.165, 1.54) is 4.90 Å². The zero-order chi connectivity index (χ0) is 17.8. The summed E-state index contributed by atoms with van der Waals surface area (Å²) in [6.45, 7) is 1.49. The summed E-state index contributed by atoms with van der Waals surface area (Å²) in [6, 6.07) is 13.1. The van der Waals surface area contributed by atoms with Crippen LogP contribution < -0.4 is 4.90 Å². The van der Waals surface area contributed by atoms with Crippen molar-refractivity contribution in [2.45, 2.75) is 12.3 Å². The first kappa shape index (κ1) is 15.4. The molecule has 1 aromatic heterocycles. The number of nitrogens with one attached hydrogen (secondary N) is 1. The van der Waals surface area contributed by atoms with E-state index in [0.717, 1.165) is 22.2 Å². The molecule has 0 aliphatic carbocycles. The van der Waals surface area contributed by atoms with Gasteiger partial charge in [0.1, 0.15) is 0 Å². The molecule has 2 heterocycles. The van der Waals surface area contributed by atoms with Crippen molar-refractivity contribution in [3.8, 4) is 0 Å². The van der Waals surface area contributed by atoms with E-state index in [2.05, 4.69) is 4.98 Å². The summed E-state index contributed by atoms with van der Waals surface area (Å²) in [4.78, 5) is 29.1. The average Bonchev–Trinajstić information content (AvgIpc) is 3.11. The van der Waals surface area contributed by atoms with E-state index < -0.39 is 16.9 Å². The van der Waals surface area contributed by atoms with Gasteiger partial charge in [-0.15, -0.1) is 0 Å². The maximum atomic E-state index is 13.3. The van der Waals surface area contributed by atoms with Gasteiger partial charge in [-0.3, -0.25) is 14.9 Å². The fraction of sp³-hybridized carbons (Fsp3) is 0.211. The number of fused-ring (bicyclic) bond motifs is 2. The summed E-state index contributed by atoms with van der Waals surface area (Å²) in [5.74, 6) is -0.271. The van der Waals surface area contributed by atoms with Gasteiger partial charge in [-0.1, -0.05) is 36.4 Å². The molecule has 0 unspecified atom stereocenters. The molecule has 0 spiro atoms. The Morgan fingerprint density at radius 3 is 2.68 bits per heavy atom. The number of likely N-dealkylation sites (N-methyl/N-ethyl adjacent to an activating group) is 1. The number of carbonyl (C=O) groups excluding carboxylic acids is 1. The first-order valence-corrected chi connectivity index (χ1v) is 8.03. The van der Waals surface area contributed by atoms with Crippen LogP contribution in [0.5, 0.6) is 0 Å². The number of benzene rings is 2. The second kappa shape index (κ2) is 5.17. The van der Waals surface area contributed by atoms with E-state index >= 15 is 0 Å². The van der Waals surface area contributed by atoms with Crippen molar-refractivity contribution < 1.29 is 9.72 Å². The largest absolute Gasteiger partial charge is 0.361 e. The van der Waals surface area contributed by atoms with E-state index in [9.17, 15) is 14.9 Å². The molecule has 6 heteroatoms. The summed E-state index contributed by atoms with van der Waals surface area (Å²) < 4.78 is 0. The van der Waals surface area contributed by atoms with Gasteiger partial charge in [0, 0.05) is 45.9 Å². The standard InChI is InChI=1S/C19H17N3O3/c1-12-6-5-7-13-15(10-20-17(12)13)19(11-22(24)25)14-8-3-4-9-16(14)21(2)18(19)23/h3-10,20H,11H2,1-2H3/t19-/m1/s1. The molecule has 0 saturated carbocycles. The molecule has 4 rings (SSSR count). The van der Waals surface area contributed by atoms with Crippen LogP contribution in [0.3, 0.4) is 0 Å². The Bertz CT molecular complexity index is 1020. The molecule has 1 amide bonds. The summed E-state index contributed by atoms with van der Waals surface area (Å²) in [5, 5.41) is 12.4. The monoisotopic (exact) mass is 335 g/mol. The minimum Gasteiger partial charge on any atom is -0.361 e. The third-order valence-corrected chi connectivity index (χ3v) is 5.14. The zero-order valence-corrected chi connectivity index (χ0v) is 13.9. The highest BCUT2D eigenvalue weighted by atomic mass is 16.6. The van der Waals surface area contributed by atoms with Gasteiger partial charge in [0.25, 0.3) is 0 Å². The Labute approximate surface area is 144 Å². The van der Waals surface area contributed by atoms with Crippen LogP contribution in [0, 0.1) is 17.0 Å². The number of rotatable bonds is 3. The molecule has 0 saturated heterocycles. The van der Waals surface area contributed by atoms with Gasteiger partial charge in [-0.25, -0.2) is 0 Å². The van der Waals surface area contributed by atoms with Gasteiger partial charge in [0.05, 0.1) is 0 Å². The maximum Gasteiger partial charge on any atom is 0.248 e. The highest BCUT2D eigenvalue weighted by molar-refractivity contribution is 6.12. The number of aryl methyl sites for hydroxylation is 1. The normalized spacial score (nSPS) is 19.4. The van der Waals surface area contributed by atoms with E-state index in [-0.39, 0.29) is 5.91 Å². The number of H-pyrrole nitrogens is 1. The number of hydrogen-bond donors (Lipinski definition) is 1. The summed E-state index contributed by atoms with van der Waals surface area (Å²) in [7, 11) is 1.67. The molecule has 6 nitrogen and oxygen atoms in total. The number of nitro groups is 1. The minimum atomic E-state index is -1.32. The number of hydrogen-bond acceptors (Lipinski definition) is 3. The lowest BCUT2D eigenvalue weighted by Crippen LogP contribution is -2.44. The van der Waals surface area contributed by atoms with Crippen molar-refractivity contribution in [2.75, 3.05) is 18.5 Å². The fourth-order valence-electron chi connectivity index (χ4n) is 3.99. The van der Waals surface area contributed by atoms with Crippen LogP contribution in [0.2, 0.25) is 0 Å². The molecular weight excluding hydrogens is 318 g/mol. The molecule has 25 heavy (non-hydrogen) atoms. The predicted octanol–water partition coefficient (Wildman–Crippen LogP) is 3.02. The zero-order valence-electron chi connectivity index (χ0n) is 13.9. The number of amides is 1. The molecule has 0 fully saturated rings. The van der Waals surface area contributed by atoms with Gasteiger partial charge < -0.3 is 9.88 Å². The molecule has 1 aliphatic heterocycles. The smallest absolute Gasteiger partial charge is 0.248 e. The Kier molecular flexibility index (Phi) is 3.18. The van der Waals surface area contributed by atoms with E-state index in [1.807, 2.05) is 49.4 Å². The van der Waals surface area contributed by atoms with Crippen LogP contribution in [-0.4, -0.2) is 29.4 Å². The number of aromatic amines is 1. The lowest BCUT2D eigenvalue weighted by Gasteiger charge is -2.24. The van der Waals surface area contributed by atoms with Gasteiger partial charge in [0.15, 0.2) is 5.41 Å². The van der Waals surface area contributed by atoms with E-state index in [1.54, 1.807) is 13.2 Å². The van der Waals surface area contributed by atoms with Gasteiger partial charge in [-0.05, 0) is 18.6 Å². The van der Waals surface area contributed by atoms with Crippen molar-refractivity contribution in [2.24, 2.45) is 0 Å². The maximum absolute atomic E-state index is 13.3. The molecule has 1 N–H and O–H groups in total. The Hall–Kier alpha value is -3.15. The van der Waals surface area contributed by atoms with Crippen molar-refractivity contribution in [1.82, 2.24) is 4.98 Å². The molecule has 126 valence electrons. The third-order valence-electron chi connectivity index (χ3n) is 5.14. The summed E-state index contributed by atoms with van der Waals surface area (Å²) in [5.41, 5.74) is 2.68. The summed E-state index contributed by atoms with van der Waals surface area (Å²) >= 11 is 0. The number of anilines is 1. The molecule has 3 aromatic rings. The van der Waals surface area contributed by atoms with Gasteiger partial charge in [-0.2, -0.15) is 0 Å². The third kappa shape index (κ3) is 1.94. The lowest BCUT2D eigenvalue weighted by molar-refractivity contribution is -0.486. The van der Waals surface area contributed by atoms with Gasteiger partial charge in [0.2, 0.25) is 12.5 Å². The Balaban J connectivity index is 2.09. The quantitative estimate of drug-likeness (QED) is 0.590. The Morgan fingerprint density at radius 2 is 1.92 bits per heavy atom. The van der Waals surface area contributed by atoms with Crippen molar-refractivity contribution in [3.05, 3.63) is 75.5 Å². The van der Waals surface area contributed by atoms with Crippen LogP contribution in [0.1, 0.15) is 16.7 Å². The predicted molar refractivity (Wildman–Crippen MR) is 95.5 cm³/mol.